The number of hydrogen-bond acceptors (Lipinski definition) is 12. The maximum Gasteiger partial charge on any atom is 0.508 e. The van der Waals surface area contributed by atoms with Crippen LogP contribution in [0.2, 0.25) is 18.1 Å². The fraction of sp³-hybridized carbons (Fsp3) is 0.830. The van der Waals surface area contributed by atoms with Crippen LogP contribution in [0.3, 0.4) is 0 Å². The van der Waals surface area contributed by atoms with E-state index in [-0.39, 0.29) is 42.1 Å². The molecule has 0 saturated carbocycles. The molecule has 12 nitrogen and oxygen atoms in total. The smallest absolute Gasteiger partial charge is 0.462 e. The van der Waals surface area contributed by atoms with Gasteiger partial charge in [0.05, 0.1) is 55.2 Å². The third-order valence-electron chi connectivity index (χ3n) is 14.4. The highest BCUT2D eigenvalue weighted by Gasteiger charge is 2.55. The molecule has 2 unspecified atom stereocenters. The summed E-state index contributed by atoms with van der Waals surface area (Å²) in [5.41, 5.74) is 3.34. The fourth-order valence-electron chi connectivity index (χ4n) is 10.8. The minimum Gasteiger partial charge on any atom is -0.462 e. The summed E-state index contributed by atoms with van der Waals surface area (Å²) in [5.74, 6) is -2.44. The lowest BCUT2D eigenvalue weighted by atomic mass is 9.73. The van der Waals surface area contributed by atoms with Crippen molar-refractivity contribution in [1.29, 1.82) is 0 Å². The number of cyclic esters (lactones) is 1. The zero-order chi connectivity index (χ0) is 45.0. The first-order chi connectivity index (χ1) is 28.1. The van der Waals surface area contributed by atoms with Crippen LogP contribution >= 0.6 is 0 Å². The van der Waals surface area contributed by atoms with Crippen LogP contribution in [0.25, 0.3) is 0 Å². The summed E-state index contributed by atoms with van der Waals surface area (Å²) >= 11 is 0. The quantitative estimate of drug-likeness (QED) is 0.168. The summed E-state index contributed by atoms with van der Waals surface area (Å²) in [6.07, 6.45) is -5.12. The van der Waals surface area contributed by atoms with E-state index >= 15 is 0 Å². The number of likely N-dealkylation sites (N-methyl/N-ethyl adjacent to an activating group) is 1. The van der Waals surface area contributed by atoms with Gasteiger partial charge in [-0.25, -0.2) is 4.79 Å². The van der Waals surface area contributed by atoms with Crippen molar-refractivity contribution in [2.24, 2.45) is 29.6 Å². The topological polar surface area (TPSA) is 131 Å². The Morgan fingerprint density at radius 2 is 1.48 bits per heavy atom. The van der Waals surface area contributed by atoms with E-state index in [1.54, 1.807) is 6.92 Å². The number of benzene rings is 1. The van der Waals surface area contributed by atoms with Gasteiger partial charge in [-0.3, -0.25) is 4.79 Å². The molecular weight excluding hydrogens is 783 g/mol. The summed E-state index contributed by atoms with van der Waals surface area (Å²) in [5, 5.41) is 12.4. The first-order valence-corrected chi connectivity index (χ1v) is 25.3. The number of esters is 1. The van der Waals surface area contributed by atoms with Crippen molar-refractivity contribution in [3.05, 3.63) is 34.4 Å². The Morgan fingerprint density at radius 1 is 0.900 bits per heavy atom. The third kappa shape index (κ3) is 11.0. The fourth-order valence-corrected chi connectivity index (χ4v) is 14.0. The third-order valence-corrected chi connectivity index (χ3v) is 19.2. The summed E-state index contributed by atoms with van der Waals surface area (Å²) in [7, 11) is 2.72. The van der Waals surface area contributed by atoms with Gasteiger partial charge in [0.1, 0.15) is 6.10 Å². The minimum absolute atomic E-state index is 0.0937. The van der Waals surface area contributed by atoms with Gasteiger partial charge in [0, 0.05) is 23.3 Å². The number of fused-ring (bicyclic) bond motifs is 2. The van der Waals surface area contributed by atoms with Crippen molar-refractivity contribution < 1.29 is 52.3 Å². The number of nitrogens with zero attached hydrogens (tertiary/aromatic N) is 1. The van der Waals surface area contributed by atoms with Crippen molar-refractivity contribution in [3.63, 3.8) is 0 Å². The number of methoxy groups -OCH3 is 1. The van der Waals surface area contributed by atoms with Gasteiger partial charge in [-0.15, -0.1) is 0 Å². The average Bonchev–Trinajstić information content (AvgIpc) is 3.19. The average molecular weight is 864 g/mol. The molecule has 13 heteroatoms. The van der Waals surface area contributed by atoms with E-state index < -0.39 is 74.9 Å². The first-order valence-electron chi connectivity index (χ1n) is 22.8. The van der Waals surface area contributed by atoms with Gasteiger partial charge in [0.25, 0.3) is 0 Å². The van der Waals surface area contributed by atoms with Gasteiger partial charge in [-0.1, -0.05) is 73.1 Å². The standard InChI is InChI=1S/C47H81NO11Si/c1-18-36-31(10)40-34(13)39(55-44(56-40)37-27(6)22-26(5)23-28(37)7)29(8)25-47(14,59-60(19-2,20-3)21-4)42(32(11)38(49)33(12)43(50)54-36)58-45-41(57-46(51)52-17)35(48(15)16)24-30(9)53-45/h22-23,29-36,38-42,44-45,49H,18-21,24-25H2,1-17H3/t29-,30+,31+,32+,33-,34+,35-,36?,38+,39+,40+,41-,42-,44?,45+,47-/m1/s1. The van der Waals surface area contributed by atoms with E-state index in [2.05, 4.69) is 81.4 Å². The number of aliphatic hydroxyl groups excluding tert-OH is 1. The number of rotatable bonds is 11. The second-order valence-corrected chi connectivity index (χ2v) is 23.8. The number of carbonyl (C=O) groups is 2. The highest BCUT2D eigenvalue weighted by Crippen LogP contribution is 2.47. The van der Waals surface area contributed by atoms with E-state index in [9.17, 15) is 14.7 Å². The zero-order valence-corrected chi connectivity index (χ0v) is 41.0. The molecule has 3 fully saturated rings. The van der Waals surface area contributed by atoms with E-state index in [0.29, 0.717) is 19.3 Å². The Kier molecular flexibility index (Phi) is 17.7. The molecule has 3 heterocycles. The number of ether oxygens (including phenoxy) is 7. The molecule has 344 valence electrons. The summed E-state index contributed by atoms with van der Waals surface area (Å²) in [4.78, 5) is 29.1. The molecule has 0 spiro atoms. The second kappa shape index (κ2) is 21.1. The van der Waals surface area contributed by atoms with Gasteiger partial charge < -0.3 is 47.6 Å². The van der Waals surface area contributed by atoms with E-state index in [1.165, 1.54) is 12.7 Å². The Morgan fingerprint density at radius 3 is 2.02 bits per heavy atom. The summed E-state index contributed by atoms with van der Waals surface area (Å²) < 4.78 is 53.1. The monoisotopic (exact) mass is 864 g/mol. The van der Waals surface area contributed by atoms with Crippen LogP contribution in [0, 0.1) is 50.4 Å². The van der Waals surface area contributed by atoms with E-state index in [0.717, 1.165) is 34.8 Å². The van der Waals surface area contributed by atoms with Crippen molar-refractivity contribution in [1.82, 2.24) is 4.90 Å². The zero-order valence-electron chi connectivity index (χ0n) is 40.0. The molecule has 1 aromatic carbocycles. The first kappa shape index (κ1) is 50.5. The lowest BCUT2D eigenvalue weighted by Crippen LogP contribution is -2.63. The largest absolute Gasteiger partial charge is 0.508 e. The maximum atomic E-state index is 14.2. The van der Waals surface area contributed by atoms with Gasteiger partial charge in [-0.2, -0.15) is 0 Å². The highest BCUT2D eigenvalue weighted by molar-refractivity contribution is 6.73. The van der Waals surface area contributed by atoms with Crippen molar-refractivity contribution in [2.45, 2.75) is 201 Å². The lowest BCUT2D eigenvalue weighted by molar-refractivity contribution is -0.308. The Hall–Kier alpha value is -2.10. The van der Waals surface area contributed by atoms with Crippen LogP contribution < -0.4 is 0 Å². The molecule has 4 rings (SSSR count). The summed E-state index contributed by atoms with van der Waals surface area (Å²) in [6.45, 7) is 29.2. The van der Waals surface area contributed by atoms with E-state index in [1.807, 2.05) is 39.8 Å². The molecule has 3 aliphatic heterocycles. The predicted octanol–water partition coefficient (Wildman–Crippen LogP) is 9.04. The number of hydrogen-bond donors (Lipinski definition) is 1. The maximum absolute atomic E-state index is 14.2. The second-order valence-electron chi connectivity index (χ2n) is 19.1. The van der Waals surface area contributed by atoms with Crippen LogP contribution in [0.5, 0.6) is 0 Å². The Balaban J connectivity index is 1.97. The van der Waals surface area contributed by atoms with Gasteiger partial charge in [-0.05, 0) is 110 Å². The summed E-state index contributed by atoms with van der Waals surface area (Å²) in [6, 6.07) is 6.70. The molecule has 0 aromatic heterocycles. The number of aryl methyl sites for hydroxylation is 3. The molecule has 3 saturated heterocycles. The SMILES string of the molecule is CCC1OC(=O)[C@H](C)[C@@H](O)[C@H](C)[C@@H](O[C@@H]2O[C@@H](C)C[C@@H](N(C)C)[C@H]2OC(=O)OC)[C@](C)(O[Si](CC)(CC)CC)C[C@@H](C)[C@@H]2OC(c3c(C)cc(C)cc3C)O[C@H]([C@H]2C)[C@H]1C. The minimum atomic E-state index is -2.43. The van der Waals surface area contributed by atoms with Crippen molar-refractivity contribution in [3.8, 4) is 0 Å². The molecule has 1 N–H and O–H groups in total. The molecular formula is C47H81NO11Si. The molecule has 0 amide bonds. The van der Waals surface area contributed by atoms with Crippen molar-refractivity contribution in [2.75, 3.05) is 21.2 Å². The number of aliphatic hydroxyl groups is 1. The van der Waals surface area contributed by atoms with Crippen LogP contribution in [0.4, 0.5) is 4.79 Å². The molecule has 60 heavy (non-hydrogen) atoms. The molecule has 3 aliphatic rings. The molecule has 0 radical (unpaired) electrons. The van der Waals surface area contributed by atoms with Crippen LogP contribution in [0.15, 0.2) is 12.1 Å². The van der Waals surface area contributed by atoms with Crippen LogP contribution in [-0.4, -0.2) is 112 Å². The Bertz CT molecular complexity index is 1540. The van der Waals surface area contributed by atoms with Gasteiger partial charge in [0.2, 0.25) is 0 Å². The molecule has 1 aromatic rings. The highest BCUT2D eigenvalue weighted by atomic mass is 28.4. The normalized spacial score (nSPS) is 38.5. The Labute approximate surface area is 363 Å². The van der Waals surface area contributed by atoms with Gasteiger partial charge in [0.15, 0.2) is 27.0 Å². The van der Waals surface area contributed by atoms with E-state index in [4.69, 9.17) is 37.6 Å². The molecule has 2 bridgehead atoms. The predicted molar refractivity (Wildman–Crippen MR) is 235 cm³/mol. The molecule has 16 atom stereocenters. The van der Waals surface area contributed by atoms with Crippen LogP contribution in [-0.2, 0) is 42.4 Å². The number of carbonyl (C=O) groups excluding carboxylic acids is 2. The van der Waals surface area contributed by atoms with Crippen LogP contribution in [0.1, 0.15) is 124 Å². The van der Waals surface area contributed by atoms with Crippen molar-refractivity contribution >= 4 is 20.4 Å². The lowest BCUT2D eigenvalue weighted by Gasteiger charge is -2.53. The molecule has 0 aliphatic carbocycles. The van der Waals surface area contributed by atoms with Gasteiger partial charge >= 0.3 is 12.1 Å².